The minimum absolute atomic E-state index is 0.113. The van der Waals surface area contributed by atoms with Gasteiger partial charge in [0.25, 0.3) is 0 Å². The van der Waals surface area contributed by atoms with Gasteiger partial charge >= 0.3 is 0 Å². The summed E-state index contributed by atoms with van der Waals surface area (Å²) < 4.78 is 5.63. The number of nitrogens with one attached hydrogen (secondary N) is 1. The first-order valence-corrected chi connectivity index (χ1v) is 8.38. The Labute approximate surface area is 146 Å². The monoisotopic (exact) mass is 341 g/mol. The highest BCUT2D eigenvalue weighted by Crippen LogP contribution is 2.29. The summed E-state index contributed by atoms with van der Waals surface area (Å²) in [5.74, 6) is 0.312. The zero-order valence-corrected chi connectivity index (χ0v) is 14.8. The standard InChI is InChI=1S/C20H20ClNO2/c1-12(2)15-10-16-14(11-24-19(16)8-13(15)3)9-20(23)22-18-7-5-4-6-17(18)21/h4-8,10-12H,9H2,1-3H3,(H,22,23). The lowest BCUT2D eigenvalue weighted by molar-refractivity contribution is -0.115. The summed E-state index contributed by atoms with van der Waals surface area (Å²) in [7, 11) is 0. The normalized spacial score (nSPS) is 11.2. The second kappa shape index (κ2) is 6.70. The number of anilines is 1. The summed E-state index contributed by atoms with van der Waals surface area (Å²) in [6, 6.07) is 11.4. The van der Waals surface area contributed by atoms with Crippen LogP contribution in [0.1, 0.15) is 36.5 Å². The van der Waals surface area contributed by atoms with E-state index >= 15 is 0 Å². The molecular weight excluding hydrogens is 322 g/mol. The van der Waals surface area contributed by atoms with Crippen LogP contribution in [0.3, 0.4) is 0 Å². The molecule has 1 N–H and O–H groups in total. The number of hydrogen-bond acceptors (Lipinski definition) is 2. The van der Waals surface area contributed by atoms with Gasteiger partial charge in [-0.25, -0.2) is 0 Å². The highest BCUT2D eigenvalue weighted by atomic mass is 35.5. The number of carbonyl (C=O) groups excluding carboxylic acids is 1. The molecule has 0 saturated carbocycles. The van der Waals surface area contributed by atoms with Crippen molar-refractivity contribution in [3.8, 4) is 0 Å². The molecule has 2 aromatic carbocycles. The summed E-state index contributed by atoms with van der Waals surface area (Å²) >= 11 is 6.09. The quantitative estimate of drug-likeness (QED) is 0.661. The molecule has 124 valence electrons. The van der Waals surface area contributed by atoms with Crippen LogP contribution < -0.4 is 5.32 Å². The Morgan fingerprint density at radius 2 is 2.00 bits per heavy atom. The van der Waals surface area contributed by atoms with E-state index in [1.807, 2.05) is 18.2 Å². The average Bonchev–Trinajstić information content (AvgIpc) is 2.90. The number of furan rings is 1. The Hall–Kier alpha value is -2.26. The van der Waals surface area contributed by atoms with Crippen molar-refractivity contribution in [1.82, 2.24) is 0 Å². The number of para-hydroxylation sites is 1. The lowest BCUT2D eigenvalue weighted by atomic mass is 9.95. The summed E-state index contributed by atoms with van der Waals surface area (Å²) in [6.07, 6.45) is 1.92. The van der Waals surface area contributed by atoms with Crippen molar-refractivity contribution in [3.05, 3.63) is 64.4 Å². The van der Waals surface area contributed by atoms with Crippen LogP contribution in [-0.2, 0) is 11.2 Å². The van der Waals surface area contributed by atoms with Crippen LogP contribution in [0.2, 0.25) is 5.02 Å². The zero-order chi connectivity index (χ0) is 17.3. The van der Waals surface area contributed by atoms with Gasteiger partial charge in [-0.15, -0.1) is 0 Å². The van der Waals surface area contributed by atoms with Crippen molar-refractivity contribution in [2.24, 2.45) is 0 Å². The van der Waals surface area contributed by atoms with E-state index < -0.39 is 0 Å². The minimum Gasteiger partial charge on any atom is -0.464 e. The zero-order valence-electron chi connectivity index (χ0n) is 14.0. The van der Waals surface area contributed by atoms with Crippen molar-refractivity contribution in [2.75, 3.05) is 5.32 Å². The van der Waals surface area contributed by atoms with Crippen LogP contribution in [0, 0.1) is 6.92 Å². The summed E-state index contributed by atoms with van der Waals surface area (Å²) in [4.78, 5) is 12.4. The smallest absolute Gasteiger partial charge is 0.228 e. The van der Waals surface area contributed by atoms with Gasteiger partial charge in [0.05, 0.1) is 23.4 Å². The molecule has 24 heavy (non-hydrogen) atoms. The Kier molecular flexibility index (Phi) is 4.63. The third kappa shape index (κ3) is 3.31. The van der Waals surface area contributed by atoms with Crippen molar-refractivity contribution < 1.29 is 9.21 Å². The molecule has 0 aliphatic carbocycles. The number of halogens is 1. The number of amides is 1. The lowest BCUT2D eigenvalue weighted by Gasteiger charge is -2.10. The summed E-state index contributed by atoms with van der Waals surface area (Å²) in [5, 5.41) is 4.38. The van der Waals surface area contributed by atoms with Crippen LogP contribution in [0.5, 0.6) is 0 Å². The molecule has 3 nitrogen and oxygen atoms in total. The first-order valence-electron chi connectivity index (χ1n) is 8.00. The fraction of sp³-hybridized carbons (Fsp3) is 0.250. The fourth-order valence-corrected chi connectivity index (χ4v) is 3.12. The molecule has 0 saturated heterocycles. The summed E-state index contributed by atoms with van der Waals surface area (Å²) in [6.45, 7) is 6.41. The van der Waals surface area contributed by atoms with Crippen LogP contribution >= 0.6 is 11.6 Å². The van der Waals surface area contributed by atoms with Gasteiger partial charge in [-0.2, -0.15) is 0 Å². The van der Waals surface area contributed by atoms with Crippen LogP contribution in [-0.4, -0.2) is 5.91 Å². The second-order valence-corrected chi connectivity index (χ2v) is 6.73. The molecule has 0 bridgehead atoms. The highest BCUT2D eigenvalue weighted by Gasteiger charge is 2.14. The molecule has 4 heteroatoms. The predicted molar refractivity (Wildman–Crippen MR) is 98.8 cm³/mol. The van der Waals surface area contributed by atoms with Gasteiger partial charge in [0.1, 0.15) is 5.58 Å². The van der Waals surface area contributed by atoms with E-state index in [9.17, 15) is 4.79 Å². The van der Waals surface area contributed by atoms with E-state index in [-0.39, 0.29) is 12.3 Å². The van der Waals surface area contributed by atoms with Gasteiger partial charge in [0.15, 0.2) is 0 Å². The van der Waals surface area contributed by atoms with Crippen molar-refractivity contribution in [1.29, 1.82) is 0 Å². The van der Waals surface area contributed by atoms with E-state index in [1.54, 1.807) is 18.4 Å². The lowest BCUT2D eigenvalue weighted by Crippen LogP contribution is -2.14. The molecule has 1 aromatic heterocycles. The molecular formula is C20H20ClNO2. The van der Waals surface area contributed by atoms with Crippen molar-refractivity contribution in [3.63, 3.8) is 0 Å². The molecule has 0 aliphatic heterocycles. The highest BCUT2D eigenvalue weighted by molar-refractivity contribution is 6.33. The van der Waals surface area contributed by atoms with Gasteiger partial charge in [-0.1, -0.05) is 37.6 Å². The van der Waals surface area contributed by atoms with Crippen LogP contribution in [0.4, 0.5) is 5.69 Å². The number of hydrogen-bond donors (Lipinski definition) is 1. The van der Waals surface area contributed by atoms with Crippen LogP contribution in [0.15, 0.2) is 47.1 Å². The molecule has 3 aromatic rings. The minimum atomic E-state index is -0.113. The second-order valence-electron chi connectivity index (χ2n) is 6.33. The van der Waals surface area contributed by atoms with Gasteiger partial charge in [-0.3, -0.25) is 4.79 Å². The van der Waals surface area contributed by atoms with Gasteiger partial charge in [0, 0.05) is 10.9 Å². The van der Waals surface area contributed by atoms with E-state index in [4.69, 9.17) is 16.0 Å². The maximum atomic E-state index is 12.4. The number of fused-ring (bicyclic) bond motifs is 1. The van der Waals surface area contributed by atoms with E-state index in [1.165, 1.54) is 11.1 Å². The Morgan fingerprint density at radius 3 is 2.71 bits per heavy atom. The number of aryl methyl sites for hydroxylation is 1. The maximum absolute atomic E-state index is 12.4. The van der Waals surface area contributed by atoms with E-state index in [0.717, 1.165) is 16.5 Å². The molecule has 1 heterocycles. The largest absolute Gasteiger partial charge is 0.464 e. The Morgan fingerprint density at radius 1 is 1.25 bits per heavy atom. The molecule has 1 amide bonds. The topological polar surface area (TPSA) is 42.2 Å². The Balaban J connectivity index is 1.86. The first-order chi connectivity index (χ1) is 11.5. The van der Waals surface area contributed by atoms with Crippen molar-refractivity contribution >= 4 is 34.2 Å². The molecule has 0 unspecified atom stereocenters. The van der Waals surface area contributed by atoms with Gasteiger partial charge in [0.2, 0.25) is 5.91 Å². The van der Waals surface area contributed by atoms with Gasteiger partial charge < -0.3 is 9.73 Å². The molecule has 0 aliphatic rings. The van der Waals surface area contributed by atoms with E-state index in [0.29, 0.717) is 16.6 Å². The number of rotatable bonds is 4. The van der Waals surface area contributed by atoms with Crippen molar-refractivity contribution in [2.45, 2.75) is 33.1 Å². The SMILES string of the molecule is Cc1cc2occ(CC(=O)Nc3ccccc3Cl)c2cc1C(C)C. The average molecular weight is 342 g/mol. The van der Waals surface area contributed by atoms with Gasteiger partial charge in [-0.05, 0) is 48.2 Å². The molecule has 0 fully saturated rings. The van der Waals surface area contributed by atoms with E-state index in [2.05, 4.69) is 32.2 Å². The Bertz CT molecular complexity index is 896. The molecule has 0 atom stereocenters. The van der Waals surface area contributed by atoms with Crippen LogP contribution in [0.25, 0.3) is 11.0 Å². The molecule has 0 spiro atoms. The molecule has 0 radical (unpaired) electrons. The third-order valence-corrected chi connectivity index (χ3v) is 4.49. The number of benzene rings is 2. The first kappa shape index (κ1) is 16.6. The number of carbonyl (C=O) groups is 1. The maximum Gasteiger partial charge on any atom is 0.228 e. The fourth-order valence-electron chi connectivity index (χ4n) is 2.93. The third-order valence-electron chi connectivity index (χ3n) is 4.16. The summed E-state index contributed by atoms with van der Waals surface area (Å²) in [5.41, 5.74) is 4.81. The molecule has 3 rings (SSSR count). The predicted octanol–water partition coefficient (Wildman–Crippen LogP) is 5.70.